The number of benzene rings is 1. The Labute approximate surface area is 107 Å². The maximum atomic E-state index is 8.95. The van der Waals surface area contributed by atoms with Gasteiger partial charge in [-0.1, -0.05) is 11.6 Å². The average molecular weight is 251 g/mol. The van der Waals surface area contributed by atoms with Gasteiger partial charge >= 0.3 is 0 Å². The number of ether oxygens (including phenoxy) is 1. The molecule has 0 aliphatic carbocycles. The molecule has 1 heterocycles. The lowest BCUT2D eigenvalue weighted by atomic mass is 10.2. The average Bonchev–Trinajstić information content (AvgIpc) is 2.84. The molecule has 0 saturated carbocycles. The Kier molecular flexibility index (Phi) is 4.24. The van der Waals surface area contributed by atoms with Crippen molar-refractivity contribution in [3.05, 3.63) is 28.8 Å². The number of rotatable bonds is 4. The minimum Gasteiger partial charge on any atom is -0.491 e. The predicted molar refractivity (Wildman–Crippen MR) is 67.3 cm³/mol. The lowest BCUT2D eigenvalue weighted by Gasteiger charge is -2.15. The fourth-order valence-electron chi connectivity index (χ4n) is 2.01. The normalized spacial score (nSPS) is 15.8. The Hall–Kier alpha value is -1.24. The number of likely N-dealkylation sites (tertiary alicyclic amines) is 1. The van der Waals surface area contributed by atoms with E-state index in [4.69, 9.17) is 21.6 Å². The molecule has 1 fully saturated rings. The molecule has 2 rings (SSSR count). The van der Waals surface area contributed by atoms with Crippen LogP contribution in [-0.4, -0.2) is 31.1 Å². The first-order valence-corrected chi connectivity index (χ1v) is 6.22. The summed E-state index contributed by atoms with van der Waals surface area (Å²) < 4.78 is 5.62. The van der Waals surface area contributed by atoms with E-state index in [0.29, 0.717) is 22.9 Å². The summed E-state index contributed by atoms with van der Waals surface area (Å²) >= 11 is 5.82. The van der Waals surface area contributed by atoms with Gasteiger partial charge in [0.1, 0.15) is 18.4 Å². The smallest absolute Gasteiger partial charge is 0.137 e. The van der Waals surface area contributed by atoms with Gasteiger partial charge in [0.2, 0.25) is 0 Å². The van der Waals surface area contributed by atoms with Gasteiger partial charge in [-0.25, -0.2) is 0 Å². The van der Waals surface area contributed by atoms with Crippen LogP contribution >= 0.6 is 11.6 Å². The van der Waals surface area contributed by atoms with E-state index in [-0.39, 0.29) is 0 Å². The monoisotopic (exact) mass is 250 g/mol. The van der Waals surface area contributed by atoms with Gasteiger partial charge in [-0.2, -0.15) is 5.26 Å². The minimum absolute atomic E-state index is 0.499. The maximum absolute atomic E-state index is 8.95. The van der Waals surface area contributed by atoms with Crippen molar-refractivity contribution in [3.8, 4) is 11.8 Å². The van der Waals surface area contributed by atoms with E-state index < -0.39 is 0 Å². The van der Waals surface area contributed by atoms with Crippen molar-refractivity contribution in [3.63, 3.8) is 0 Å². The first kappa shape index (κ1) is 12.2. The van der Waals surface area contributed by atoms with Gasteiger partial charge in [0.15, 0.2) is 0 Å². The molecule has 0 aromatic heterocycles. The van der Waals surface area contributed by atoms with Crippen LogP contribution in [0.2, 0.25) is 5.02 Å². The van der Waals surface area contributed by atoms with E-state index in [0.717, 1.165) is 19.6 Å². The predicted octanol–water partition coefficient (Wildman–Crippen LogP) is 2.69. The van der Waals surface area contributed by atoms with E-state index in [1.165, 1.54) is 12.8 Å². The first-order valence-electron chi connectivity index (χ1n) is 5.84. The van der Waals surface area contributed by atoms with Crippen LogP contribution in [0.15, 0.2) is 18.2 Å². The van der Waals surface area contributed by atoms with E-state index >= 15 is 0 Å². The van der Waals surface area contributed by atoms with Crippen LogP contribution in [0.5, 0.6) is 5.75 Å². The van der Waals surface area contributed by atoms with Crippen LogP contribution in [-0.2, 0) is 0 Å². The van der Waals surface area contributed by atoms with Crippen LogP contribution in [0.3, 0.4) is 0 Å². The van der Waals surface area contributed by atoms with Crippen molar-refractivity contribution in [2.24, 2.45) is 0 Å². The van der Waals surface area contributed by atoms with Crippen molar-refractivity contribution in [1.82, 2.24) is 4.90 Å². The molecule has 0 spiro atoms. The molecule has 1 aliphatic rings. The molecule has 0 bridgehead atoms. The van der Waals surface area contributed by atoms with Crippen LogP contribution in [0.4, 0.5) is 0 Å². The fourth-order valence-corrected chi connectivity index (χ4v) is 2.18. The van der Waals surface area contributed by atoms with Gasteiger partial charge in [0.25, 0.3) is 0 Å². The summed E-state index contributed by atoms with van der Waals surface area (Å²) in [5, 5.41) is 9.52. The molecule has 17 heavy (non-hydrogen) atoms. The summed E-state index contributed by atoms with van der Waals surface area (Å²) in [4.78, 5) is 2.38. The first-order chi connectivity index (χ1) is 8.29. The van der Waals surface area contributed by atoms with Crippen LogP contribution in [0, 0.1) is 11.3 Å². The maximum Gasteiger partial charge on any atom is 0.137 e. The number of nitrogens with zero attached hydrogens (tertiary/aromatic N) is 2. The molecular weight excluding hydrogens is 236 g/mol. The van der Waals surface area contributed by atoms with Gasteiger partial charge in [-0.15, -0.1) is 0 Å². The Bertz CT molecular complexity index is 422. The van der Waals surface area contributed by atoms with Gasteiger partial charge < -0.3 is 4.74 Å². The summed E-state index contributed by atoms with van der Waals surface area (Å²) in [7, 11) is 0. The number of hydrogen-bond acceptors (Lipinski definition) is 3. The number of hydrogen-bond donors (Lipinski definition) is 0. The largest absolute Gasteiger partial charge is 0.491 e. The molecule has 1 aliphatic heterocycles. The molecule has 0 unspecified atom stereocenters. The quantitative estimate of drug-likeness (QED) is 0.824. The second-order valence-corrected chi connectivity index (χ2v) is 4.59. The van der Waals surface area contributed by atoms with Gasteiger partial charge in [-0.3, -0.25) is 4.90 Å². The molecular formula is C13H15ClN2O. The third-order valence-corrected chi connectivity index (χ3v) is 3.16. The Morgan fingerprint density at radius 2 is 2.12 bits per heavy atom. The summed E-state index contributed by atoms with van der Waals surface area (Å²) in [5.74, 6) is 0.621. The summed E-state index contributed by atoms with van der Waals surface area (Å²) in [6, 6.07) is 7.22. The molecule has 1 saturated heterocycles. The van der Waals surface area contributed by atoms with Crippen LogP contribution < -0.4 is 4.74 Å². The molecule has 0 N–H and O–H groups in total. The topological polar surface area (TPSA) is 36.3 Å². The Morgan fingerprint density at radius 1 is 1.35 bits per heavy atom. The van der Waals surface area contributed by atoms with Crippen molar-refractivity contribution in [2.45, 2.75) is 12.8 Å². The molecule has 90 valence electrons. The van der Waals surface area contributed by atoms with Gasteiger partial charge in [-0.05, 0) is 44.1 Å². The molecule has 1 aromatic rings. The van der Waals surface area contributed by atoms with Crippen LogP contribution in [0.1, 0.15) is 18.4 Å². The highest BCUT2D eigenvalue weighted by Gasteiger charge is 2.11. The number of halogens is 1. The Balaban J connectivity index is 1.88. The molecule has 0 radical (unpaired) electrons. The summed E-state index contributed by atoms with van der Waals surface area (Å²) in [5.41, 5.74) is 0.499. The molecule has 4 heteroatoms. The fraction of sp³-hybridized carbons (Fsp3) is 0.462. The molecule has 3 nitrogen and oxygen atoms in total. The standard InChI is InChI=1S/C13H15ClN2O/c14-12-3-4-13(11(9-12)10-15)17-8-7-16-5-1-2-6-16/h3-4,9H,1-2,5-8H2. The van der Waals surface area contributed by atoms with E-state index in [9.17, 15) is 0 Å². The second-order valence-electron chi connectivity index (χ2n) is 4.15. The van der Waals surface area contributed by atoms with Crippen molar-refractivity contribution >= 4 is 11.6 Å². The molecule has 1 aromatic carbocycles. The van der Waals surface area contributed by atoms with Gasteiger partial charge in [0.05, 0.1) is 5.56 Å². The SMILES string of the molecule is N#Cc1cc(Cl)ccc1OCCN1CCCC1. The lowest BCUT2D eigenvalue weighted by Crippen LogP contribution is -2.25. The van der Waals surface area contributed by atoms with E-state index in [1.54, 1.807) is 18.2 Å². The van der Waals surface area contributed by atoms with E-state index in [2.05, 4.69) is 11.0 Å². The third kappa shape index (κ3) is 3.36. The van der Waals surface area contributed by atoms with Crippen molar-refractivity contribution < 1.29 is 4.74 Å². The highest BCUT2D eigenvalue weighted by Crippen LogP contribution is 2.22. The lowest BCUT2D eigenvalue weighted by molar-refractivity contribution is 0.237. The minimum atomic E-state index is 0.499. The zero-order valence-corrected chi connectivity index (χ0v) is 10.4. The molecule has 0 amide bonds. The Morgan fingerprint density at radius 3 is 2.82 bits per heavy atom. The zero-order valence-electron chi connectivity index (χ0n) is 9.66. The zero-order chi connectivity index (χ0) is 12.1. The second kappa shape index (κ2) is 5.90. The van der Waals surface area contributed by atoms with Crippen molar-refractivity contribution in [1.29, 1.82) is 5.26 Å². The third-order valence-electron chi connectivity index (χ3n) is 2.93. The number of nitriles is 1. The molecule has 0 atom stereocenters. The van der Waals surface area contributed by atoms with E-state index in [1.807, 2.05) is 0 Å². The summed E-state index contributed by atoms with van der Waals surface area (Å²) in [6.45, 7) is 3.87. The van der Waals surface area contributed by atoms with Gasteiger partial charge in [0, 0.05) is 11.6 Å². The summed E-state index contributed by atoms with van der Waals surface area (Å²) in [6.07, 6.45) is 2.56. The highest BCUT2D eigenvalue weighted by atomic mass is 35.5. The van der Waals surface area contributed by atoms with Crippen molar-refractivity contribution in [2.75, 3.05) is 26.2 Å². The van der Waals surface area contributed by atoms with Crippen LogP contribution in [0.25, 0.3) is 0 Å². The highest BCUT2D eigenvalue weighted by molar-refractivity contribution is 6.30.